The molecule has 0 bridgehead atoms. The van der Waals surface area contributed by atoms with Gasteiger partial charge in [-0.05, 0) is 24.1 Å². The Bertz CT molecular complexity index is 468. The molecule has 6 heteroatoms. The summed E-state index contributed by atoms with van der Waals surface area (Å²) < 4.78 is 10.5. The summed E-state index contributed by atoms with van der Waals surface area (Å²) in [5.74, 6) is -0.0802. The molecule has 0 spiro atoms. The molecule has 1 amide bonds. The molecule has 1 unspecified atom stereocenters. The van der Waals surface area contributed by atoms with Gasteiger partial charge in [-0.1, -0.05) is 12.1 Å². The Hall–Kier alpha value is -1.47. The Morgan fingerprint density at radius 3 is 2.65 bits per heavy atom. The van der Waals surface area contributed by atoms with Gasteiger partial charge in [0.2, 0.25) is 5.91 Å². The van der Waals surface area contributed by atoms with Crippen LogP contribution in [0.1, 0.15) is 12.0 Å². The number of ether oxygens (including phenoxy) is 2. The van der Waals surface area contributed by atoms with E-state index in [1.807, 2.05) is 12.1 Å². The van der Waals surface area contributed by atoms with E-state index < -0.39 is 0 Å². The van der Waals surface area contributed by atoms with Crippen LogP contribution in [0.4, 0.5) is 5.69 Å². The molecule has 0 radical (unpaired) electrons. The van der Waals surface area contributed by atoms with Gasteiger partial charge in [-0.25, -0.2) is 0 Å². The van der Waals surface area contributed by atoms with Crippen LogP contribution in [0.3, 0.4) is 0 Å². The van der Waals surface area contributed by atoms with E-state index in [0.29, 0.717) is 6.54 Å². The summed E-state index contributed by atoms with van der Waals surface area (Å²) in [5.41, 5.74) is 7.60. The number of morpholine rings is 1. The first-order valence-electron chi connectivity index (χ1n) is 8.13. The van der Waals surface area contributed by atoms with E-state index >= 15 is 0 Å². The summed E-state index contributed by atoms with van der Waals surface area (Å²) in [5, 5.41) is 2.87. The smallest absolute Gasteiger partial charge is 0.227 e. The van der Waals surface area contributed by atoms with Gasteiger partial charge >= 0.3 is 0 Å². The largest absolute Gasteiger partial charge is 0.380 e. The maximum atomic E-state index is 11.9. The number of hydrogen-bond acceptors (Lipinski definition) is 5. The number of carbonyl (C=O) groups excluding carboxylic acids is 1. The standard InChI is InChI=1S/C17H27N3O3/c1-22-16(13-18)12-17(21)19-15-4-2-14(3-5-15)6-7-20-8-10-23-11-9-20/h2-5,16H,6-13,18H2,1H3,(H,19,21). The summed E-state index contributed by atoms with van der Waals surface area (Å²) in [7, 11) is 1.56. The molecule has 1 heterocycles. The van der Waals surface area contributed by atoms with E-state index in [-0.39, 0.29) is 18.4 Å². The molecule has 23 heavy (non-hydrogen) atoms. The van der Waals surface area contributed by atoms with Crippen LogP contribution in [0.25, 0.3) is 0 Å². The Balaban J connectivity index is 1.76. The van der Waals surface area contributed by atoms with E-state index in [0.717, 1.165) is 45.0 Å². The zero-order chi connectivity index (χ0) is 16.5. The van der Waals surface area contributed by atoms with Crippen molar-refractivity contribution in [2.45, 2.75) is 18.9 Å². The third kappa shape index (κ3) is 6.27. The highest BCUT2D eigenvalue weighted by Gasteiger charge is 2.12. The maximum Gasteiger partial charge on any atom is 0.227 e. The average molecular weight is 321 g/mol. The number of nitrogens with one attached hydrogen (secondary N) is 1. The van der Waals surface area contributed by atoms with Gasteiger partial charge in [-0.15, -0.1) is 0 Å². The molecular weight excluding hydrogens is 294 g/mol. The molecule has 0 aliphatic carbocycles. The lowest BCUT2D eigenvalue weighted by atomic mass is 10.1. The Morgan fingerprint density at radius 1 is 1.35 bits per heavy atom. The van der Waals surface area contributed by atoms with E-state index in [4.69, 9.17) is 15.2 Å². The van der Waals surface area contributed by atoms with Crippen molar-refractivity contribution >= 4 is 11.6 Å². The van der Waals surface area contributed by atoms with E-state index in [1.54, 1.807) is 7.11 Å². The first-order chi connectivity index (χ1) is 11.2. The summed E-state index contributed by atoms with van der Waals surface area (Å²) in [6, 6.07) is 8.01. The van der Waals surface area contributed by atoms with Gasteiger partial charge in [0.1, 0.15) is 0 Å². The topological polar surface area (TPSA) is 76.8 Å². The second-order valence-corrected chi connectivity index (χ2v) is 5.75. The van der Waals surface area contributed by atoms with Gasteiger partial charge in [0.05, 0.1) is 25.7 Å². The van der Waals surface area contributed by atoms with Crippen LogP contribution in [0.5, 0.6) is 0 Å². The predicted octanol–water partition coefficient (Wildman–Crippen LogP) is 0.864. The Morgan fingerprint density at radius 2 is 2.04 bits per heavy atom. The fourth-order valence-corrected chi connectivity index (χ4v) is 2.55. The van der Waals surface area contributed by atoms with Gasteiger partial charge < -0.3 is 20.5 Å². The number of amides is 1. The van der Waals surface area contributed by atoms with Crippen LogP contribution in [0.2, 0.25) is 0 Å². The van der Waals surface area contributed by atoms with Gasteiger partial charge in [0, 0.05) is 39.0 Å². The number of nitrogens with two attached hydrogens (primary N) is 1. The minimum atomic E-state index is -0.234. The van der Waals surface area contributed by atoms with Crippen molar-refractivity contribution in [2.24, 2.45) is 5.73 Å². The number of methoxy groups -OCH3 is 1. The minimum Gasteiger partial charge on any atom is -0.380 e. The van der Waals surface area contributed by atoms with Gasteiger partial charge in [-0.3, -0.25) is 9.69 Å². The molecule has 0 saturated carbocycles. The third-order valence-corrected chi connectivity index (χ3v) is 4.07. The number of anilines is 1. The first-order valence-corrected chi connectivity index (χ1v) is 8.13. The SMILES string of the molecule is COC(CN)CC(=O)Nc1ccc(CCN2CCOCC2)cc1. The molecule has 1 saturated heterocycles. The Labute approximate surface area is 137 Å². The lowest BCUT2D eigenvalue weighted by Gasteiger charge is -2.26. The van der Waals surface area contributed by atoms with Gasteiger partial charge in [-0.2, -0.15) is 0 Å². The Kier molecular flexibility index (Phi) is 7.48. The molecular formula is C17H27N3O3. The molecule has 1 aromatic carbocycles. The number of carbonyl (C=O) groups is 1. The number of rotatable bonds is 8. The van der Waals surface area contributed by atoms with E-state index in [1.165, 1.54) is 5.56 Å². The molecule has 1 aromatic rings. The number of benzene rings is 1. The molecule has 0 aromatic heterocycles. The second kappa shape index (κ2) is 9.62. The molecule has 6 nitrogen and oxygen atoms in total. The molecule has 128 valence electrons. The minimum absolute atomic E-state index is 0.0802. The molecule has 1 atom stereocenters. The fraction of sp³-hybridized carbons (Fsp3) is 0.588. The summed E-state index contributed by atoms with van der Waals surface area (Å²) in [6.45, 7) is 5.06. The van der Waals surface area contributed by atoms with Crippen LogP contribution in [-0.2, 0) is 20.7 Å². The van der Waals surface area contributed by atoms with Crippen molar-refractivity contribution < 1.29 is 14.3 Å². The lowest BCUT2D eigenvalue weighted by molar-refractivity contribution is -0.118. The maximum absolute atomic E-state index is 11.9. The van der Waals surface area contributed by atoms with Gasteiger partial charge in [0.25, 0.3) is 0 Å². The highest BCUT2D eigenvalue weighted by Crippen LogP contribution is 2.12. The molecule has 1 aliphatic heterocycles. The predicted molar refractivity (Wildman–Crippen MR) is 90.5 cm³/mol. The molecule has 2 rings (SSSR count). The number of nitrogens with zero attached hydrogens (tertiary/aromatic N) is 1. The monoisotopic (exact) mass is 321 g/mol. The van der Waals surface area contributed by atoms with Crippen molar-refractivity contribution in [3.63, 3.8) is 0 Å². The van der Waals surface area contributed by atoms with Crippen molar-refractivity contribution in [1.82, 2.24) is 4.90 Å². The van der Waals surface area contributed by atoms with E-state index in [2.05, 4.69) is 22.3 Å². The summed E-state index contributed by atoms with van der Waals surface area (Å²) >= 11 is 0. The lowest BCUT2D eigenvalue weighted by Crippen LogP contribution is -2.37. The summed E-state index contributed by atoms with van der Waals surface area (Å²) in [4.78, 5) is 14.3. The first kappa shape index (κ1) is 17.9. The van der Waals surface area contributed by atoms with Crippen LogP contribution in [-0.4, -0.2) is 63.4 Å². The normalized spacial score (nSPS) is 17.0. The third-order valence-electron chi connectivity index (χ3n) is 4.07. The highest BCUT2D eigenvalue weighted by molar-refractivity contribution is 5.91. The molecule has 3 N–H and O–H groups in total. The van der Waals surface area contributed by atoms with E-state index in [9.17, 15) is 4.79 Å². The van der Waals surface area contributed by atoms with Gasteiger partial charge in [0.15, 0.2) is 0 Å². The van der Waals surface area contributed by atoms with Crippen molar-refractivity contribution in [1.29, 1.82) is 0 Å². The second-order valence-electron chi connectivity index (χ2n) is 5.75. The van der Waals surface area contributed by atoms with Crippen molar-refractivity contribution in [3.05, 3.63) is 29.8 Å². The quantitative estimate of drug-likeness (QED) is 0.743. The number of hydrogen-bond donors (Lipinski definition) is 2. The van der Waals surface area contributed by atoms with Crippen LogP contribution < -0.4 is 11.1 Å². The zero-order valence-electron chi connectivity index (χ0n) is 13.8. The molecule has 1 fully saturated rings. The van der Waals surface area contributed by atoms with Crippen LogP contribution >= 0.6 is 0 Å². The van der Waals surface area contributed by atoms with Crippen LogP contribution in [0.15, 0.2) is 24.3 Å². The average Bonchev–Trinajstić information content (AvgIpc) is 2.60. The zero-order valence-corrected chi connectivity index (χ0v) is 13.8. The van der Waals surface area contributed by atoms with Crippen molar-refractivity contribution in [3.8, 4) is 0 Å². The van der Waals surface area contributed by atoms with Crippen molar-refractivity contribution in [2.75, 3.05) is 51.8 Å². The highest BCUT2D eigenvalue weighted by atomic mass is 16.5. The van der Waals surface area contributed by atoms with Crippen LogP contribution in [0, 0.1) is 0 Å². The fourth-order valence-electron chi connectivity index (χ4n) is 2.55. The molecule has 1 aliphatic rings. The summed E-state index contributed by atoms with van der Waals surface area (Å²) in [6.07, 6.45) is 1.04.